The van der Waals surface area contributed by atoms with Gasteiger partial charge in [0.2, 0.25) is 0 Å². The molecule has 0 radical (unpaired) electrons. The first-order chi connectivity index (χ1) is 17.5. The predicted octanol–water partition coefficient (Wildman–Crippen LogP) is 7.27. The van der Waals surface area contributed by atoms with E-state index in [9.17, 15) is 18.0 Å². The Morgan fingerprint density at radius 1 is 1.08 bits per heavy atom. The highest BCUT2D eigenvalue weighted by molar-refractivity contribution is 7.98. The molecule has 1 heterocycles. The Balaban J connectivity index is 1.77. The first-order valence-corrected chi connectivity index (χ1v) is 12.4. The van der Waals surface area contributed by atoms with Gasteiger partial charge in [-0.15, -0.1) is 0 Å². The maximum absolute atomic E-state index is 14.5. The van der Waals surface area contributed by atoms with Crippen LogP contribution in [-0.4, -0.2) is 27.7 Å². The van der Waals surface area contributed by atoms with Crippen LogP contribution in [0, 0.1) is 17.5 Å². The molecule has 0 bridgehead atoms. The number of halogens is 4. The third-order valence-electron chi connectivity index (χ3n) is 6.06. The minimum atomic E-state index is -1.42. The summed E-state index contributed by atoms with van der Waals surface area (Å²) in [6, 6.07) is 12.8. The fourth-order valence-corrected chi connectivity index (χ4v) is 5.19. The summed E-state index contributed by atoms with van der Waals surface area (Å²) in [7, 11) is 1.53. The molecule has 0 atom stereocenters. The topological polar surface area (TPSA) is 64.3 Å². The quantitative estimate of drug-likeness (QED) is 0.235. The van der Waals surface area contributed by atoms with E-state index in [1.807, 2.05) is 19.9 Å². The van der Waals surface area contributed by atoms with Crippen LogP contribution >= 0.6 is 23.4 Å². The van der Waals surface area contributed by atoms with Gasteiger partial charge in [-0.2, -0.15) is 0 Å². The maximum Gasteiger partial charge on any atom is 0.335 e. The molecule has 0 aliphatic heterocycles. The van der Waals surface area contributed by atoms with Gasteiger partial charge in [0.05, 0.1) is 29.6 Å². The molecular formula is C27H22ClF3N2O3S. The van der Waals surface area contributed by atoms with Gasteiger partial charge in [0.25, 0.3) is 0 Å². The van der Waals surface area contributed by atoms with Crippen molar-refractivity contribution in [1.82, 2.24) is 9.55 Å². The number of carboxylic acid groups (broad SMARTS) is 1. The first-order valence-electron chi connectivity index (χ1n) is 11.0. The van der Waals surface area contributed by atoms with E-state index in [2.05, 4.69) is 4.98 Å². The molecule has 4 rings (SSSR count). The lowest BCUT2D eigenvalue weighted by Crippen LogP contribution is -2.23. The van der Waals surface area contributed by atoms with Crippen molar-refractivity contribution < 1.29 is 27.8 Å². The molecule has 0 saturated carbocycles. The number of imidazole rings is 1. The first kappa shape index (κ1) is 26.6. The van der Waals surface area contributed by atoms with E-state index in [1.54, 1.807) is 35.0 Å². The third-order valence-corrected chi connectivity index (χ3v) is 7.34. The number of ether oxygens (including phenoxy) is 1. The van der Waals surface area contributed by atoms with Gasteiger partial charge in [-0.3, -0.25) is 4.57 Å². The number of nitrogens with zero attached hydrogens (tertiary/aromatic N) is 2. The molecule has 10 heteroatoms. The molecule has 37 heavy (non-hydrogen) atoms. The number of aromatic nitrogens is 2. The Bertz CT molecular complexity index is 1450. The van der Waals surface area contributed by atoms with Gasteiger partial charge in [0, 0.05) is 22.4 Å². The van der Waals surface area contributed by atoms with Crippen LogP contribution in [0.1, 0.15) is 41.0 Å². The highest BCUT2D eigenvalue weighted by atomic mass is 35.5. The van der Waals surface area contributed by atoms with Crippen LogP contribution in [0.5, 0.6) is 5.75 Å². The van der Waals surface area contributed by atoms with Gasteiger partial charge < -0.3 is 9.84 Å². The Morgan fingerprint density at radius 3 is 2.30 bits per heavy atom. The van der Waals surface area contributed by atoms with Gasteiger partial charge >= 0.3 is 5.97 Å². The lowest BCUT2D eigenvalue weighted by Gasteiger charge is -2.28. The second-order valence-corrected chi connectivity index (χ2v) is 10.1. The summed E-state index contributed by atoms with van der Waals surface area (Å²) in [6.07, 6.45) is 1.66. The minimum absolute atomic E-state index is 0.149. The van der Waals surface area contributed by atoms with Crippen molar-refractivity contribution in [3.8, 4) is 11.4 Å². The smallest absolute Gasteiger partial charge is 0.335 e. The third kappa shape index (κ3) is 5.33. The van der Waals surface area contributed by atoms with Crippen molar-refractivity contribution in [3.63, 3.8) is 0 Å². The summed E-state index contributed by atoms with van der Waals surface area (Å²) in [4.78, 5) is 15.6. The molecule has 3 aromatic carbocycles. The van der Waals surface area contributed by atoms with Gasteiger partial charge in [-0.05, 0) is 54.1 Å². The van der Waals surface area contributed by atoms with Gasteiger partial charge in [0.1, 0.15) is 23.2 Å². The molecule has 0 fully saturated rings. The summed E-state index contributed by atoms with van der Waals surface area (Å²) in [5.41, 5.74) is 0.802. The van der Waals surface area contributed by atoms with E-state index in [0.717, 1.165) is 35.2 Å². The fraction of sp³-hybridized carbons (Fsp3) is 0.185. The van der Waals surface area contributed by atoms with Crippen molar-refractivity contribution in [2.24, 2.45) is 0 Å². The molecular weight excluding hydrogens is 525 g/mol. The van der Waals surface area contributed by atoms with Crippen LogP contribution in [-0.2, 0) is 11.2 Å². The van der Waals surface area contributed by atoms with E-state index >= 15 is 0 Å². The molecule has 0 amide bonds. The number of hydrogen-bond acceptors (Lipinski definition) is 4. The predicted molar refractivity (Wildman–Crippen MR) is 137 cm³/mol. The number of aromatic carboxylic acids is 1. The molecule has 0 aliphatic rings. The molecule has 0 aliphatic carbocycles. The van der Waals surface area contributed by atoms with Crippen LogP contribution in [0.25, 0.3) is 5.69 Å². The zero-order chi connectivity index (χ0) is 26.9. The Kier molecular flexibility index (Phi) is 7.57. The van der Waals surface area contributed by atoms with Gasteiger partial charge in [-0.1, -0.05) is 43.3 Å². The summed E-state index contributed by atoms with van der Waals surface area (Å²) in [5.74, 6) is -3.37. The molecule has 0 unspecified atom stereocenters. The van der Waals surface area contributed by atoms with Crippen LogP contribution in [0.3, 0.4) is 0 Å². The van der Waals surface area contributed by atoms with E-state index in [4.69, 9.17) is 21.4 Å². The highest BCUT2D eigenvalue weighted by Gasteiger charge is 2.30. The van der Waals surface area contributed by atoms with Gasteiger partial charge in [-0.25, -0.2) is 22.9 Å². The normalized spacial score (nSPS) is 11.5. The lowest BCUT2D eigenvalue weighted by molar-refractivity contribution is 0.0695. The highest BCUT2D eigenvalue weighted by Crippen LogP contribution is 2.39. The molecule has 1 aromatic heterocycles. The summed E-state index contributed by atoms with van der Waals surface area (Å²) in [6.45, 7) is 3.95. The molecule has 0 spiro atoms. The summed E-state index contributed by atoms with van der Waals surface area (Å²) < 4.78 is 49.9. The Hall–Kier alpha value is -3.43. The number of benzene rings is 3. The lowest BCUT2D eigenvalue weighted by atomic mass is 9.81. The summed E-state index contributed by atoms with van der Waals surface area (Å²) >= 11 is 7.45. The van der Waals surface area contributed by atoms with Crippen LogP contribution < -0.4 is 4.74 Å². The Morgan fingerprint density at radius 2 is 1.73 bits per heavy atom. The zero-order valence-corrected chi connectivity index (χ0v) is 21.6. The summed E-state index contributed by atoms with van der Waals surface area (Å²) in [5, 5.41) is 9.89. The van der Waals surface area contributed by atoms with Crippen molar-refractivity contribution >= 4 is 29.3 Å². The van der Waals surface area contributed by atoms with E-state index in [-0.39, 0.29) is 11.3 Å². The zero-order valence-electron chi connectivity index (χ0n) is 20.1. The van der Waals surface area contributed by atoms with E-state index in [0.29, 0.717) is 21.6 Å². The van der Waals surface area contributed by atoms with E-state index < -0.39 is 34.4 Å². The number of carboxylic acids is 1. The van der Waals surface area contributed by atoms with Crippen LogP contribution in [0.15, 0.2) is 66.0 Å². The average Bonchev–Trinajstić information content (AvgIpc) is 3.28. The Labute approximate surface area is 220 Å². The van der Waals surface area contributed by atoms with Crippen molar-refractivity contribution in [3.05, 3.63) is 106 Å². The van der Waals surface area contributed by atoms with Crippen LogP contribution in [0.2, 0.25) is 5.02 Å². The number of thioether (sulfide) groups is 1. The van der Waals surface area contributed by atoms with Crippen molar-refractivity contribution in [2.45, 2.75) is 30.2 Å². The van der Waals surface area contributed by atoms with Crippen LogP contribution in [0.4, 0.5) is 13.2 Å². The number of methoxy groups -OCH3 is 1. The van der Waals surface area contributed by atoms with E-state index in [1.165, 1.54) is 19.2 Å². The standard InChI is InChI=1S/C27H22ClF3N2O3S/c1-27(2,16-4-9-23(36-3)20(28)12-16)24-13-32-26(33(24)18-7-5-17(29)6-8-18)37-14-19-21(30)10-15(25(34)35)11-22(19)31/h4-13H,14H2,1-3H3,(H,34,35). The fourth-order valence-electron chi connectivity index (χ4n) is 3.92. The monoisotopic (exact) mass is 546 g/mol. The number of carbonyl (C=O) groups is 1. The van der Waals surface area contributed by atoms with Gasteiger partial charge in [0.15, 0.2) is 5.16 Å². The number of rotatable bonds is 8. The second kappa shape index (κ2) is 10.5. The number of hydrogen-bond donors (Lipinski definition) is 1. The largest absolute Gasteiger partial charge is 0.495 e. The maximum atomic E-state index is 14.5. The SMILES string of the molecule is COc1ccc(C(C)(C)c2cnc(SCc3c(F)cc(C(=O)O)cc3F)n2-c2ccc(F)cc2)cc1Cl. The molecule has 0 saturated heterocycles. The van der Waals surface area contributed by atoms with Crippen molar-refractivity contribution in [2.75, 3.05) is 7.11 Å². The average molecular weight is 547 g/mol. The molecule has 1 N–H and O–H groups in total. The molecule has 5 nitrogen and oxygen atoms in total. The molecule has 192 valence electrons. The second-order valence-electron chi connectivity index (χ2n) is 8.72. The minimum Gasteiger partial charge on any atom is -0.495 e. The molecule has 4 aromatic rings. The van der Waals surface area contributed by atoms with Crippen molar-refractivity contribution in [1.29, 1.82) is 0 Å².